The molecule has 1 aliphatic carbocycles. The molecule has 0 saturated carbocycles. The SMILES string of the molecule is O[C@H]1CCc2cc(-n3nccn3)ccc21. The van der Waals surface area contributed by atoms with Crippen molar-refractivity contribution in [3.05, 3.63) is 41.7 Å². The van der Waals surface area contributed by atoms with Crippen molar-refractivity contribution in [1.29, 1.82) is 0 Å². The van der Waals surface area contributed by atoms with Crippen molar-refractivity contribution in [2.75, 3.05) is 0 Å². The lowest BCUT2D eigenvalue weighted by Gasteiger charge is -2.05. The molecule has 0 aliphatic heterocycles. The van der Waals surface area contributed by atoms with Crippen molar-refractivity contribution in [3.63, 3.8) is 0 Å². The summed E-state index contributed by atoms with van der Waals surface area (Å²) in [6, 6.07) is 5.95. The smallest absolute Gasteiger partial charge is 0.0859 e. The van der Waals surface area contributed by atoms with Crippen LogP contribution >= 0.6 is 0 Å². The van der Waals surface area contributed by atoms with Gasteiger partial charge < -0.3 is 5.11 Å². The van der Waals surface area contributed by atoms with Gasteiger partial charge in [0.15, 0.2) is 0 Å². The molecule has 1 aromatic carbocycles. The number of benzene rings is 1. The van der Waals surface area contributed by atoms with Crippen LogP contribution in [0.2, 0.25) is 0 Å². The van der Waals surface area contributed by atoms with Crippen molar-refractivity contribution in [2.24, 2.45) is 0 Å². The van der Waals surface area contributed by atoms with E-state index in [1.54, 1.807) is 17.2 Å². The molecule has 1 aromatic heterocycles. The molecule has 0 amide bonds. The molecule has 3 rings (SSSR count). The zero-order chi connectivity index (χ0) is 10.3. The zero-order valence-corrected chi connectivity index (χ0v) is 8.17. The molecule has 0 spiro atoms. The Morgan fingerprint density at radius 2 is 2.07 bits per heavy atom. The topological polar surface area (TPSA) is 50.9 Å². The van der Waals surface area contributed by atoms with Gasteiger partial charge in [0.1, 0.15) is 0 Å². The van der Waals surface area contributed by atoms with E-state index in [4.69, 9.17) is 0 Å². The second-order valence-corrected chi connectivity index (χ2v) is 3.76. The molecule has 4 nitrogen and oxygen atoms in total. The van der Waals surface area contributed by atoms with E-state index >= 15 is 0 Å². The van der Waals surface area contributed by atoms with Gasteiger partial charge in [-0.05, 0) is 36.1 Å². The van der Waals surface area contributed by atoms with Crippen LogP contribution < -0.4 is 0 Å². The van der Waals surface area contributed by atoms with Crippen LogP contribution in [0.5, 0.6) is 0 Å². The number of aliphatic hydroxyl groups excluding tert-OH is 1. The maximum absolute atomic E-state index is 9.66. The average molecular weight is 201 g/mol. The molecule has 15 heavy (non-hydrogen) atoms. The van der Waals surface area contributed by atoms with Crippen molar-refractivity contribution in [1.82, 2.24) is 15.0 Å². The Balaban J connectivity index is 2.07. The molecular weight excluding hydrogens is 190 g/mol. The standard InChI is InChI=1S/C11H11N3O/c15-11-4-1-8-7-9(2-3-10(8)11)14-12-5-6-13-14/h2-3,5-7,11,15H,1,4H2/t11-/m0/s1. The summed E-state index contributed by atoms with van der Waals surface area (Å²) in [5.41, 5.74) is 3.20. The zero-order valence-electron chi connectivity index (χ0n) is 8.17. The molecule has 0 bridgehead atoms. The molecule has 1 atom stereocenters. The van der Waals surface area contributed by atoms with E-state index in [9.17, 15) is 5.11 Å². The number of nitrogens with zero attached hydrogens (tertiary/aromatic N) is 3. The van der Waals surface area contributed by atoms with Gasteiger partial charge in [0.25, 0.3) is 0 Å². The third kappa shape index (κ3) is 1.34. The number of rotatable bonds is 1. The first-order valence-electron chi connectivity index (χ1n) is 5.02. The Kier molecular flexibility index (Phi) is 1.82. The van der Waals surface area contributed by atoms with Gasteiger partial charge in [-0.15, -0.1) is 0 Å². The van der Waals surface area contributed by atoms with Crippen LogP contribution in [0.4, 0.5) is 0 Å². The summed E-state index contributed by atoms with van der Waals surface area (Å²) < 4.78 is 0. The van der Waals surface area contributed by atoms with Crippen molar-refractivity contribution in [3.8, 4) is 5.69 Å². The number of aliphatic hydroxyl groups is 1. The summed E-state index contributed by atoms with van der Waals surface area (Å²) in [5, 5.41) is 17.8. The molecule has 0 fully saturated rings. The summed E-state index contributed by atoms with van der Waals surface area (Å²) in [6.07, 6.45) is 4.78. The first kappa shape index (κ1) is 8.61. The minimum Gasteiger partial charge on any atom is -0.388 e. The number of aryl methyl sites for hydroxylation is 1. The van der Waals surface area contributed by atoms with Gasteiger partial charge in [0, 0.05) is 0 Å². The Hall–Kier alpha value is -1.68. The fourth-order valence-corrected chi connectivity index (χ4v) is 2.05. The van der Waals surface area contributed by atoms with E-state index in [1.165, 1.54) is 5.56 Å². The highest BCUT2D eigenvalue weighted by Gasteiger charge is 2.20. The number of hydrogen-bond donors (Lipinski definition) is 1. The van der Waals surface area contributed by atoms with Crippen LogP contribution in [-0.2, 0) is 6.42 Å². The molecule has 1 aliphatic rings. The number of hydrogen-bond acceptors (Lipinski definition) is 3. The summed E-state index contributed by atoms with van der Waals surface area (Å²) in [5.74, 6) is 0. The molecule has 0 unspecified atom stereocenters. The Bertz CT molecular complexity index is 479. The first-order chi connectivity index (χ1) is 7.34. The van der Waals surface area contributed by atoms with Crippen LogP contribution in [0.1, 0.15) is 23.7 Å². The molecule has 0 radical (unpaired) electrons. The first-order valence-corrected chi connectivity index (χ1v) is 5.02. The Morgan fingerprint density at radius 1 is 1.27 bits per heavy atom. The van der Waals surface area contributed by atoms with Crippen LogP contribution in [0, 0.1) is 0 Å². The Labute approximate surface area is 87.2 Å². The molecule has 2 aromatic rings. The molecule has 1 heterocycles. The van der Waals surface area contributed by atoms with Gasteiger partial charge in [-0.25, -0.2) is 0 Å². The normalized spacial score (nSPS) is 19.1. The van der Waals surface area contributed by atoms with E-state index in [-0.39, 0.29) is 6.10 Å². The fraction of sp³-hybridized carbons (Fsp3) is 0.273. The maximum atomic E-state index is 9.66. The van der Waals surface area contributed by atoms with Gasteiger partial charge in [0.05, 0.1) is 24.2 Å². The lowest BCUT2D eigenvalue weighted by atomic mass is 10.1. The van der Waals surface area contributed by atoms with Crippen LogP contribution in [0.25, 0.3) is 5.69 Å². The van der Waals surface area contributed by atoms with E-state index < -0.39 is 0 Å². The van der Waals surface area contributed by atoms with E-state index in [1.807, 2.05) is 18.2 Å². The predicted molar refractivity (Wildman–Crippen MR) is 54.6 cm³/mol. The third-order valence-corrected chi connectivity index (χ3v) is 2.82. The van der Waals surface area contributed by atoms with Crippen molar-refractivity contribution >= 4 is 0 Å². The second kappa shape index (κ2) is 3.17. The fourth-order valence-electron chi connectivity index (χ4n) is 2.05. The summed E-state index contributed by atoms with van der Waals surface area (Å²) in [7, 11) is 0. The average Bonchev–Trinajstić information content (AvgIpc) is 2.88. The van der Waals surface area contributed by atoms with E-state index in [2.05, 4.69) is 10.2 Å². The summed E-state index contributed by atoms with van der Waals surface area (Å²) in [4.78, 5) is 1.59. The van der Waals surface area contributed by atoms with Gasteiger partial charge in [-0.3, -0.25) is 0 Å². The lowest BCUT2D eigenvalue weighted by molar-refractivity contribution is 0.180. The van der Waals surface area contributed by atoms with Crippen LogP contribution in [0.3, 0.4) is 0 Å². The van der Waals surface area contributed by atoms with Crippen LogP contribution in [0.15, 0.2) is 30.6 Å². The molecule has 4 heteroatoms. The molecule has 0 saturated heterocycles. The Morgan fingerprint density at radius 3 is 2.87 bits per heavy atom. The largest absolute Gasteiger partial charge is 0.388 e. The quantitative estimate of drug-likeness (QED) is 0.755. The van der Waals surface area contributed by atoms with Gasteiger partial charge in [0.2, 0.25) is 0 Å². The molecule has 1 N–H and O–H groups in total. The van der Waals surface area contributed by atoms with Gasteiger partial charge in [-0.2, -0.15) is 15.0 Å². The second-order valence-electron chi connectivity index (χ2n) is 3.76. The maximum Gasteiger partial charge on any atom is 0.0859 e. The highest BCUT2D eigenvalue weighted by molar-refractivity contribution is 5.42. The minimum absolute atomic E-state index is 0.292. The van der Waals surface area contributed by atoms with Crippen molar-refractivity contribution in [2.45, 2.75) is 18.9 Å². The lowest BCUT2D eigenvalue weighted by Crippen LogP contribution is -1.99. The number of fused-ring (bicyclic) bond motifs is 1. The summed E-state index contributed by atoms with van der Waals surface area (Å²) >= 11 is 0. The third-order valence-electron chi connectivity index (χ3n) is 2.82. The molecule has 76 valence electrons. The van der Waals surface area contributed by atoms with Crippen molar-refractivity contribution < 1.29 is 5.11 Å². The highest BCUT2D eigenvalue weighted by atomic mass is 16.3. The number of aromatic nitrogens is 3. The van der Waals surface area contributed by atoms with E-state index in [0.717, 1.165) is 24.1 Å². The predicted octanol–water partition coefficient (Wildman–Crippen LogP) is 1.25. The minimum atomic E-state index is -0.292. The van der Waals surface area contributed by atoms with Gasteiger partial charge >= 0.3 is 0 Å². The highest BCUT2D eigenvalue weighted by Crippen LogP contribution is 2.31. The van der Waals surface area contributed by atoms with Gasteiger partial charge in [-0.1, -0.05) is 6.07 Å². The molecular formula is C11H11N3O. The van der Waals surface area contributed by atoms with E-state index in [0.29, 0.717) is 0 Å². The van der Waals surface area contributed by atoms with Crippen LogP contribution in [-0.4, -0.2) is 20.1 Å². The summed E-state index contributed by atoms with van der Waals surface area (Å²) in [6.45, 7) is 0. The monoisotopic (exact) mass is 201 g/mol.